The van der Waals surface area contributed by atoms with Crippen LogP contribution in [-0.2, 0) is 11.2 Å². The Morgan fingerprint density at radius 1 is 1.60 bits per heavy atom. The van der Waals surface area contributed by atoms with Crippen molar-refractivity contribution in [3.63, 3.8) is 0 Å². The van der Waals surface area contributed by atoms with Gasteiger partial charge in [-0.2, -0.15) is 0 Å². The van der Waals surface area contributed by atoms with Crippen LogP contribution in [0.25, 0.3) is 10.6 Å². The molecule has 1 aliphatic rings. The van der Waals surface area contributed by atoms with E-state index < -0.39 is 0 Å². The van der Waals surface area contributed by atoms with E-state index in [2.05, 4.69) is 15.6 Å². The molecule has 1 fully saturated rings. The zero-order valence-electron chi connectivity index (χ0n) is 11.1. The van der Waals surface area contributed by atoms with Gasteiger partial charge in [0.05, 0.1) is 18.4 Å². The number of hydrogen-bond donors (Lipinski definition) is 2. The second kappa shape index (κ2) is 6.19. The molecule has 106 valence electrons. The lowest BCUT2D eigenvalue weighted by Gasteiger charge is -2.23. The highest BCUT2D eigenvalue weighted by Gasteiger charge is 2.16. The van der Waals surface area contributed by atoms with Crippen LogP contribution in [-0.4, -0.2) is 30.0 Å². The van der Waals surface area contributed by atoms with E-state index in [1.807, 2.05) is 11.4 Å². The molecule has 2 aromatic rings. The zero-order chi connectivity index (χ0) is 13.8. The molecule has 1 atom stereocenters. The van der Waals surface area contributed by atoms with Crippen molar-refractivity contribution in [3.8, 4) is 10.6 Å². The molecule has 6 heteroatoms. The third kappa shape index (κ3) is 3.26. The number of thiazole rings is 1. The van der Waals surface area contributed by atoms with Gasteiger partial charge in [0, 0.05) is 23.5 Å². The number of nitrogens with one attached hydrogen (secondary N) is 2. The topological polar surface area (TPSA) is 67.2 Å². The number of aromatic nitrogens is 1. The summed E-state index contributed by atoms with van der Waals surface area (Å²) >= 11 is 1.53. The van der Waals surface area contributed by atoms with E-state index >= 15 is 0 Å². The quantitative estimate of drug-likeness (QED) is 0.901. The molecule has 0 aromatic carbocycles. The Morgan fingerprint density at radius 2 is 2.55 bits per heavy atom. The first-order chi connectivity index (χ1) is 9.81. The second-order valence-electron chi connectivity index (χ2n) is 4.94. The highest BCUT2D eigenvalue weighted by atomic mass is 32.1. The number of carbonyl (C=O) groups is 1. The number of piperidine rings is 1. The summed E-state index contributed by atoms with van der Waals surface area (Å²) in [6.45, 7) is 1.91. The van der Waals surface area contributed by atoms with Gasteiger partial charge >= 0.3 is 0 Å². The Labute approximate surface area is 121 Å². The van der Waals surface area contributed by atoms with E-state index in [4.69, 9.17) is 4.42 Å². The molecule has 2 aromatic heterocycles. The van der Waals surface area contributed by atoms with Gasteiger partial charge in [-0.05, 0) is 25.5 Å². The Balaban J connectivity index is 1.56. The lowest BCUT2D eigenvalue weighted by molar-refractivity contribution is -0.121. The van der Waals surface area contributed by atoms with Gasteiger partial charge in [-0.3, -0.25) is 4.79 Å². The summed E-state index contributed by atoms with van der Waals surface area (Å²) in [4.78, 5) is 16.5. The van der Waals surface area contributed by atoms with Gasteiger partial charge < -0.3 is 15.1 Å². The minimum absolute atomic E-state index is 0.0442. The molecule has 3 rings (SSSR count). The van der Waals surface area contributed by atoms with Crippen molar-refractivity contribution in [2.75, 3.05) is 13.1 Å². The van der Waals surface area contributed by atoms with Crippen molar-refractivity contribution >= 4 is 17.2 Å². The summed E-state index contributed by atoms with van der Waals surface area (Å²) in [5.41, 5.74) is 1.77. The molecule has 1 aliphatic heterocycles. The zero-order valence-corrected chi connectivity index (χ0v) is 11.9. The van der Waals surface area contributed by atoms with Crippen molar-refractivity contribution in [3.05, 3.63) is 29.7 Å². The largest absolute Gasteiger partial charge is 0.472 e. The number of furan rings is 1. The van der Waals surface area contributed by atoms with Gasteiger partial charge in [0.1, 0.15) is 11.3 Å². The normalized spacial score (nSPS) is 18.9. The summed E-state index contributed by atoms with van der Waals surface area (Å²) in [6.07, 6.45) is 5.79. The van der Waals surface area contributed by atoms with E-state index in [0.717, 1.165) is 42.2 Å². The number of carbonyl (C=O) groups excluding carboxylic acids is 1. The fraction of sp³-hybridized carbons (Fsp3) is 0.429. The van der Waals surface area contributed by atoms with Gasteiger partial charge in [-0.1, -0.05) is 0 Å². The first-order valence-corrected chi connectivity index (χ1v) is 7.66. The Hall–Kier alpha value is -1.66. The van der Waals surface area contributed by atoms with Gasteiger partial charge in [0.15, 0.2) is 0 Å². The molecule has 1 amide bonds. The SMILES string of the molecule is O=C(Cc1csc(-c2ccoc2)n1)NC1CCCNC1. The molecule has 20 heavy (non-hydrogen) atoms. The van der Waals surface area contributed by atoms with Crippen LogP contribution in [0.4, 0.5) is 0 Å². The first-order valence-electron chi connectivity index (χ1n) is 6.78. The molecule has 3 heterocycles. The van der Waals surface area contributed by atoms with Gasteiger partial charge in [-0.25, -0.2) is 4.98 Å². The molecule has 1 unspecified atom stereocenters. The van der Waals surface area contributed by atoms with Gasteiger partial charge in [-0.15, -0.1) is 11.3 Å². The summed E-state index contributed by atoms with van der Waals surface area (Å²) in [5.74, 6) is 0.0442. The van der Waals surface area contributed by atoms with Crippen molar-refractivity contribution in [1.29, 1.82) is 0 Å². The molecule has 0 bridgehead atoms. The van der Waals surface area contributed by atoms with Crippen LogP contribution in [0.2, 0.25) is 0 Å². The maximum Gasteiger partial charge on any atom is 0.226 e. The maximum atomic E-state index is 12.0. The predicted octanol–water partition coefficient (Wildman–Crippen LogP) is 1.81. The van der Waals surface area contributed by atoms with Crippen LogP contribution in [0.15, 0.2) is 28.4 Å². The number of amides is 1. The van der Waals surface area contributed by atoms with E-state index in [0.29, 0.717) is 6.42 Å². The third-order valence-corrected chi connectivity index (χ3v) is 4.26. The third-order valence-electron chi connectivity index (χ3n) is 3.32. The molecule has 2 N–H and O–H groups in total. The van der Waals surface area contributed by atoms with Crippen LogP contribution in [0.3, 0.4) is 0 Å². The molecule has 5 nitrogen and oxygen atoms in total. The average molecular weight is 291 g/mol. The van der Waals surface area contributed by atoms with Crippen LogP contribution < -0.4 is 10.6 Å². The smallest absolute Gasteiger partial charge is 0.226 e. The van der Waals surface area contributed by atoms with Crippen LogP contribution in [0.5, 0.6) is 0 Å². The molecule has 0 radical (unpaired) electrons. The average Bonchev–Trinajstić information content (AvgIpc) is 3.10. The van der Waals surface area contributed by atoms with Crippen molar-refractivity contribution in [2.45, 2.75) is 25.3 Å². The minimum atomic E-state index is 0.0442. The number of rotatable bonds is 4. The van der Waals surface area contributed by atoms with Crippen LogP contribution in [0, 0.1) is 0 Å². The summed E-state index contributed by atoms with van der Waals surface area (Å²) < 4.78 is 5.04. The van der Waals surface area contributed by atoms with E-state index in [1.54, 1.807) is 12.5 Å². The number of hydrogen-bond acceptors (Lipinski definition) is 5. The summed E-state index contributed by atoms with van der Waals surface area (Å²) in [5, 5.41) is 9.17. The summed E-state index contributed by atoms with van der Waals surface area (Å²) in [6, 6.07) is 2.12. The lowest BCUT2D eigenvalue weighted by atomic mass is 10.1. The molecular weight excluding hydrogens is 274 g/mol. The molecule has 0 aliphatic carbocycles. The van der Waals surface area contributed by atoms with Crippen molar-refractivity contribution in [1.82, 2.24) is 15.6 Å². The molecule has 0 spiro atoms. The van der Waals surface area contributed by atoms with Gasteiger partial charge in [0.25, 0.3) is 0 Å². The van der Waals surface area contributed by atoms with Crippen LogP contribution >= 0.6 is 11.3 Å². The fourth-order valence-corrected chi connectivity index (χ4v) is 3.13. The number of nitrogens with zero attached hydrogens (tertiary/aromatic N) is 1. The van der Waals surface area contributed by atoms with E-state index in [9.17, 15) is 4.79 Å². The first kappa shape index (κ1) is 13.3. The standard InChI is InChI=1S/C14H17N3O2S/c18-13(16-11-2-1-4-15-7-11)6-12-9-20-14(17-12)10-3-5-19-8-10/h3,5,8-9,11,15H,1-2,4,6-7H2,(H,16,18). The molecule has 0 saturated carbocycles. The minimum Gasteiger partial charge on any atom is -0.472 e. The Bertz CT molecular complexity index is 559. The van der Waals surface area contributed by atoms with Gasteiger partial charge in [0.2, 0.25) is 5.91 Å². The molecule has 1 saturated heterocycles. The summed E-state index contributed by atoms with van der Waals surface area (Å²) in [7, 11) is 0. The molecular formula is C14H17N3O2S. The Kier molecular flexibility index (Phi) is 4.13. The Morgan fingerprint density at radius 3 is 3.30 bits per heavy atom. The fourth-order valence-electron chi connectivity index (χ4n) is 2.33. The van der Waals surface area contributed by atoms with E-state index in [-0.39, 0.29) is 11.9 Å². The maximum absolute atomic E-state index is 12.0. The predicted molar refractivity (Wildman–Crippen MR) is 77.6 cm³/mol. The van der Waals surface area contributed by atoms with E-state index in [1.165, 1.54) is 11.3 Å². The van der Waals surface area contributed by atoms with Crippen molar-refractivity contribution in [2.24, 2.45) is 0 Å². The second-order valence-corrected chi connectivity index (χ2v) is 5.80. The van der Waals surface area contributed by atoms with Crippen LogP contribution in [0.1, 0.15) is 18.5 Å². The lowest BCUT2D eigenvalue weighted by Crippen LogP contribution is -2.46. The highest BCUT2D eigenvalue weighted by Crippen LogP contribution is 2.24. The van der Waals surface area contributed by atoms with Crippen molar-refractivity contribution < 1.29 is 9.21 Å². The monoisotopic (exact) mass is 291 g/mol. The highest BCUT2D eigenvalue weighted by molar-refractivity contribution is 7.13.